The number of pyridine rings is 1. The van der Waals surface area contributed by atoms with E-state index >= 15 is 0 Å². The third-order valence-corrected chi connectivity index (χ3v) is 4.73. The summed E-state index contributed by atoms with van der Waals surface area (Å²) in [7, 11) is 0. The van der Waals surface area contributed by atoms with Crippen LogP contribution in [0.1, 0.15) is 30.7 Å². The number of carbonyl (C=O) groups is 1. The molecule has 6 heteroatoms. The molecule has 1 aromatic heterocycles. The lowest BCUT2D eigenvalue weighted by molar-refractivity contribution is -0.115. The van der Waals surface area contributed by atoms with Crippen LogP contribution in [0.25, 0.3) is 0 Å². The molecule has 1 amide bonds. The van der Waals surface area contributed by atoms with E-state index in [9.17, 15) is 9.18 Å². The summed E-state index contributed by atoms with van der Waals surface area (Å²) in [6, 6.07) is 8.19. The lowest BCUT2D eigenvalue weighted by Crippen LogP contribution is -2.37. The normalized spacial score (nSPS) is 14.3. The summed E-state index contributed by atoms with van der Waals surface area (Å²) in [4.78, 5) is 19.5. The largest absolute Gasteiger partial charge is 0.378 e. The molecule has 1 saturated heterocycles. The number of carbonyl (C=O) groups excluding carboxylic acids is 1. The molecule has 27 heavy (non-hydrogen) atoms. The van der Waals surface area contributed by atoms with Gasteiger partial charge in [0.15, 0.2) is 0 Å². The summed E-state index contributed by atoms with van der Waals surface area (Å²) in [5.74, 6) is 0.446. The molecule has 0 aliphatic carbocycles. The highest BCUT2D eigenvalue weighted by atomic mass is 19.1. The summed E-state index contributed by atoms with van der Waals surface area (Å²) in [6.07, 6.45) is 1.65. The van der Waals surface area contributed by atoms with Crippen molar-refractivity contribution in [3.63, 3.8) is 0 Å². The van der Waals surface area contributed by atoms with Crippen LogP contribution in [0, 0.1) is 5.82 Å². The first-order valence-corrected chi connectivity index (χ1v) is 9.50. The van der Waals surface area contributed by atoms with Crippen molar-refractivity contribution in [2.24, 2.45) is 0 Å². The minimum Gasteiger partial charge on any atom is -0.378 e. The molecule has 3 rings (SSSR count). The number of halogens is 1. The quantitative estimate of drug-likeness (QED) is 0.846. The Balaban J connectivity index is 1.81. The Labute approximate surface area is 159 Å². The third kappa shape index (κ3) is 4.83. The van der Waals surface area contributed by atoms with E-state index in [0.717, 1.165) is 48.7 Å². The molecule has 2 heterocycles. The predicted octanol–water partition coefficient (Wildman–Crippen LogP) is 3.36. The van der Waals surface area contributed by atoms with Crippen LogP contribution >= 0.6 is 0 Å². The number of anilines is 2. The number of aromatic nitrogens is 1. The van der Waals surface area contributed by atoms with E-state index < -0.39 is 0 Å². The number of rotatable bonds is 6. The molecule has 5 nitrogen and oxygen atoms in total. The molecular formula is C21H26FN3O2. The minimum absolute atomic E-state index is 0.134. The highest BCUT2D eigenvalue weighted by molar-refractivity contribution is 5.93. The summed E-state index contributed by atoms with van der Waals surface area (Å²) < 4.78 is 18.8. The summed E-state index contributed by atoms with van der Waals surface area (Å²) in [6.45, 7) is 7.16. The van der Waals surface area contributed by atoms with Gasteiger partial charge in [-0.15, -0.1) is 0 Å². The van der Waals surface area contributed by atoms with Gasteiger partial charge in [-0.3, -0.25) is 4.79 Å². The number of hydrogen-bond donors (Lipinski definition) is 1. The Morgan fingerprint density at radius 2 is 2.00 bits per heavy atom. The molecule has 1 fully saturated rings. The maximum Gasteiger partial charge on any atom is 0.228 e. The molecule has 1 aliphatic heterocycles. The average Bonchev–Trinajstić information content (AvgIpc) is 2.68. The molecule has 0 saturated carbocycles. The lowest BCUT2D eigenvalue weighted by Gasteiger charge is -2.29. The van der Waals surface area contributed by atoms with E-state index in [4.69, 9.17) is 9.72 Å². The van der Waals surface area contributed by atoms with Gasteiger partial charge in [-0.05, 0) is 42.2 Å². The SMILES string of the molecule is CCc1cc(N2CCOCC2)nc(CC)c1NC(=O)Cc1cccc(F)c1. The second kappa shape index (κ2) is 8.95. The second-order valence-corrected chi connectivity index (χ2v) is 6.62. The van der Waals surface area contributed by atoms with Crippen molar-refractivity contribution in [1.29, 1.82) is 0 Å². The topological polar surface area (TPSA) is 54.5 Å². The number of ether oxygens (including phenoxy) is 1. The van der Waals surface area contributed by atoms with E-state index in [2.05, 4.69) is 23.2 Å². The minimum atomic E-state index is -0.333. The Morgan fingerprint density at radius 1 is 1.22 bits per heavy atom. The fourth-order valence-electron chi connectivity index (χ4n) is 3.30. The van der Waals surface area contributed by atoms with Gasteiger partial charge in [0.05, 0.1) is 31.0 Å². The predicted molar refractivity (Wildman–Crippen MR) is 105 cm³/mol. The first kappa shape index (κ1) is 19.3. The Bertz CT molecular complexity index is 779. The number of morpholine rings is 1. The second-order valence-electron chi connectivity index (χ2n) is 6.62. The number of benzene rings is 1. The molecule has 144 valence electrons. The average molecular weight is 371 g/mol. The summed E-state index contributed by atoms with van der Waals surface area (Å²) >= 11 is 0. The Kier molecular flexibility index (Phi) is 6.40. The van der Waals surface area contributed by atoms with Gasteiger partial charge in [-0.2, -0.15) is 0 Å². The van der Waals surface area contributed by atoms with Crippen molar-refractivity contribution in [2.45, 2.75) is 33.1 Å². The van der Waals surface area contributed by atoms with E-state index in [1.54, 1.807) is 12.1 Å². The molecule has 0 unspecified atom stereocenters. The van der Waals surface area contributed by atoms with Crippen LogP contribution in [-0.4, -0.2) is 37.2 Å². The van der Waals surface area contributed by atoms with Gasteiger partial charge >= 0.3 is 0 Å². The van der Waals surface area contributed by atoms with E-state index in [0.29, 0.717) is 18.8 Å². The van der Waals surface area contributed by atoms with Crippen LogP contribution < -0.4 is 10.2 Å². The molecule has 0 spiro atoms. The van der Waals surface area contributed by atoms with Gasteiger partial charge < -0.3 is 15.0 Å². The van der Waals surface area contributed by atoms with Gasteiger partial charge in [0.1, 0.15) is 11.6 Å². The fourth-order valence-corrected chi connectivity index (χ4v) is 3.30. The van der Waals surface area contributed by atoms with Crippen molar-refractivity contribution < 1.29 is 13.9 Å². The van der Waals surface area contributed by atoms with Crippen molar-refractivity contribution >= 4 is 17.4 Å². The molecule has 0 atom stereocenters. The number of nitrogens with zero attached hydrogens (tertiary/aromatic N) is 2. The van der Waals surface area contributed by atoms with Crippen molar-refractivity contribution in [3.8, 4) is 0 Å². The monoisotopic (exact) mass is 371 g/mol. The van der Waals surface area contributed by atoms with E-state index in [-0.39, 0.29) is 18.1 Å². The molecule has 1 aliphatic rings. The molecule has 2 aromatic rings. The third-order valence-electron chi connectivity index (χ3n) is 4.73. The van der Waals surface area contributed by atoms with Gasteiger partial charge in [0.2, 0.25) is 5.91 Å². The molecular weight excluding hydrogens is 345 g/mol. The number of aryl methyl sites for hydroxylation is 2. The first-order chi connectivity index (χ1) is 13.1. The molecule has 0 bridgehead atoms. The standard InChI is InChI=1S/C21H26FN3O2/c1-3-16-14-19(25-8-10-27-11-9-25)23-18(4-2)21(16)24-20(26)13-15-6-5-7-17(22)12-15/h5-7,12,14H,3-4,8-11,13H2,1-2H3,(H,24,26). The number of nitrogens with one attached hydrogen (secondary N) is 1. The van der Waals surface area contributed by atoms with Crippen LogP contribution in [0.15, 0.2) is 30.3 Å². The van der Waals surface area contributed by atoms with Crippen molar-refractivity contribution in [1.82, 2.24) is 4.98 Å². The summed E-state index contributed by atoms with van der Waals surface area (Å²) in [5, 5.41) is 3.01. The number of hydrogen-bond acceptors (Lipinski definition) is 4. The Morgan fingerprint density at radius 3 is 2.67 bits per heavy atom. The summed E-state index contributed by atoms with van der Waals surface area (Å²) in [5.41, 5.74) is 3.39. The van der Waals surface area contributed by atoms with E-state index in [1.807, 2.05) is 6.92 Å². The van der Waals surface area contributed by atoms with Gasteiger partial charge in [-0.25, -0.2) is 9.37 Å². The first-order valence-electron chi connectivity index (χ1n) is 9.50. The van der Waals surface area contributed by atoms with Crippen molar-refractivity contribution in [2.75, 3.05) is 36.5 Å². The highest BCUT2D eigenvalue weighted by Gasteiger charge is 2.18. The Hall–Kier alpha value is -2.47. The zero-order valence-electron chi connectivity index (χ0n) is 15.9. The van der Waals surface area contributed by atoms with Crippen LogP contribution in [0.5, 0.6) is 0 Å². The van der Waals surface area contributed by atoms with Crippen LogP contribution in [0.4, 0.5) is 15.9 Å². The smallest absolute Gasteiger partial charge is 0.228 e. The lowest BCUT2D eigenvalue weighted by atomic mass is 10.1. The molecule has 1 aromatic carbocycles. The van der Waals surface area contributed by atoms with Crippen molar-refractivity contribution in [3.05, 3.63) is 53.0 Å². The zero-order valence-corrected chi connectivity index (χ0v) is 15.9. The van der Waals surface area contributed by atoms with Crippen LogP contribution in [0.2, 0.25) is 0 Å². The highest BCUT2D eigenvalue weighted by Crippen LogP contribution is 2.27. The maximum atomic E-state index is 13.3. The molecule has 1 N–H and O–H groups in total. The fraction of sp³-hybridized carbons (Fsp3) is 0.429. The molecule has 0 radical (unpaired) electrons. The number of amides is 1. The van der Waals surface area contributed by atoms with Crippen LogP contribution in [-0.2, 0) is 28.8 Å². The zero-order chi connectivity index (χ0) is 19.2. The van der Waals surface area contributed by atoms with Crippen LogP contribution in [0.3, 0.4) is 0 Å². The van der Waals surface area contributed by atoms with Gasteiger partial charge in [0.25, 0.3) is 0 Å². The van der Waals surface area contributed by atoms with E-state index in [1.165, 1.54) is 12.1 Å². The van der Waals surface area contributed by atoms with Gasteiger partial charge in [0, 0.05) is 13.1 Å². The maximum absolute atomic E-state index is 13.3. The van der Waals surface area contributed by atoms with Gasteiger partial charge in [-0.1, -0.05) is 26.0 Å².